The van der Waals surface area contributed by atoms with E-state index in [0.717, 1.165) is 57.4 Å². The van der Waals surface area contributed by atoms with E-state index in [2.05, 4.69) is 50.9 Å². The van der Waals surface area contributed by atoms with E-state index in [-0.39, 0.29) is 29.9 Å². The third-order valence-electron chi connectivity index (χ3n) is 7.06. The lowest BCUT2D eigenvalue weighted by atomic mass is 10.00. The summed E-state index contributed by atoms with van der Waals surface area (Å²) in [4.78, 5) is 40.6. The van der Waals surface area contributed by atoms with E-state index in [1.54, 1.807) is 4.57 Å². The van der Waals surface area contributed by atoms with Crippen LogP contribution >= 0.6 is 0 Å². The van der Waals surface area contributed by atoms with Crippen LogP contribution in [0.15, 0.2) is 29.1 Å². The number of H-pyrrole nitrogens is 1. The van der Waals surface area contributed by atoms with Crippen LogP contribution in [0, 0.1) is 0 Å². The Hall–Kier alpha value is -3.44. The van der Waals surface area contributed by atoms with Crippen molar-refractivity contribution in [2.24, 2.45) is 0 Å². The summed E-state index contributed by atoms with van der Waals surface area (Å²) >= 11 is 0. The van der Waals surface area contributed by atoms with Gasteiger partial charge in [-0.1, -0.05) is 37.6 Å². The summed E-state index contributed by atoms with van der Waals surface area (Å²) < 4.78 is 12.0. The van der Waals surface area contributed by atoms with Crippen LogP contribution in [-0.4, -0.2) is 88.3 Å². The third kappa shape index (κ3) is 6.90. The molecular formula is C27H39N7O4. The second-order valence-corrected chi connectivity index (χ2v) is 9.95. The Labute approximate surface area is 222 Å². The summed E-state index contributed by atoms with van der Waals surface area (Å²) in [6.07, 6.45) is 3.88. The zero-order valence-electron chi connectivity index (χ0n) is 22.6. The number of likely N-dealkylation sites (N-methyl/N-ethyl adjacent to an activating group) is 1. The normalized spacial score (nSPS) is 16.7. The van der Waals surface area contributed by atoms with Gasteiger partial charge in [0.25, 0.3) is 0 Å². The number of fused-ring (bicyclic) bond motifs is 1. The number of rotatable bonds is 12. The molecule has 3 N–H and O–H groups in total. The number of nitrogen functional groups attached to an aromatic ring is 1. The number of piperazine rings is 1. The first-order valence-electron chi connectivity index (χ1n) is 13.3. The molecule has 3 heterocycles. The number of aryl methyl sites for hydroxylation is 1. The molecule has 1 aromatic carbocycles. The maximum Gasteiger partial charge on any atom is 0.327 e. The molecule has 4 rings (SSSR count). The quantitative estimate of drug-likeness (QED) is 0.269. The number of nitrogens with two attached hydrogens (primary N) is 1. The number of ether oxygens (including phenoxy) is 2. The number of carbonyl (C=O) groups excluding carboxylic acids is 1. The molecule has 1 atom stereocenters. The average Bonchev–Trinajstić information content (AvgIpc) is 3.22. The molecule has 0 spiro atoms. The fraction of sp³-hybridized carbons (Fsp3) is 0.556. The molecule has 38 heavy (non-hydrogen) atoms. The first-order chi connectivity index (χ1) is 18.4. The van der Waals surface area contributed by atoms with Crippen LogP contribution in [-0.2, 0) is 28.9 Å². The van der Waals surface area contributed by atoms with Gasteiger partial charge in [-0.15, -0.1) is 0 Å². The van der Waals surface area contributed by atoms with Crippen LogP contribution in [0.2, 0.25) is 0 Å². The number of nitrogens with zero attached hydrogens (tertiary/aromatic N) is 5. The van der Waals surface area contributed by atoms with Crippen LogP contribution in [0.3, 0.4) is 0 Å². The predicted molar refractivity (Wildman–Crippen MR) is 146 cm³/mol. The largest absolute Gasteiger partial charge is 0.469 e. The van der Waals surface area contributed by atoms with E-state index < -0.39 is 0 Å². The van der Waals surface area contributed by atoms with E-state index in [4.69, 9.17) is 15.2 Å². The van der Waals surface area contributed by atoms with Gasteiger partial charge in [-0.3, -0.25) is 14.3 Å². The molecule has 11 heteroatoms. The zero-order valence-corrected chi connectivity index (χ0v) is 22.6. The lowest BCUT2D eigenvalue weighted by Crippen LogP contribution is -2.53. The van der Waals surface area contributed by atoms with Gasteiger partial charge in [-0.25, -0.2) is 4.79 Å². The van der Waals surface area contributed by atoms with Gasteiger partial charge in [-0.2, -0.15) is 9.97 Å². The second-order valence-electron chi connectivity index (χ2n) is 9.95. The highest BCUT2D eigenvalue weighted by Gasteiger charge is 2.25. The number of methoxy groups -OCH3 is 1. The summed E-state index contributed by atoms with van der Waals surface area (Å²) in [5.74, 6) is -0.0179. The predicted octanol–water partition coefficient (Wildman–Crippen LogP) is 1.85. The number of nitrogens with one attached hydrogen (secondary N) is 1. The number of hydrogen-bond donors (Lipinski definition) is 2. The smallest absolute Gasteiger partial charge is 0.327 e. The van der Waals surface area contributed by atoms with Crippen molar-refractivity contribution in [1.29, 1.82) is 0 Å². The molecule has 1 fully saturated rings. The zero-order chi connectivity index (χ0) is 27.1. The number of hydrogen-bond acceptors (Lipinski definition) is 9. The van der Waals surface area contributed by atoms with Crippen molar-refractivity contribution in [2.45, 2.75) is 51.6 Å². The van der Waals surface area contributed by atoms with E-state index in [1.165, 1.54) is 12.7 Å². The highest BCUT2D eigenvalue weighted by atomic mass is 16.5. The van der Waals surface area contributed by atoms with Gasteiger partial charge in [0.05, 0.1) is 20.1 Å². The molecule has 0 amide bonds. The summed E-state index contributed by atoms with van der Waals surface area (Å²) in [5, 5.41) is 0. The summed E-state index contributed by atoms with van der Waals surface area (Å²) in [7, 11) is 3.56. The summed E-state index contributed by atoms with van der Waals surface area (Å²) in [5.41, 5.74) is 8.96. The van der Waals surface area contributed by atoms with Crippen molar-refractivity contribution in [3.8, 4) is 6.01 Å². The first kappa shape index (κ1) is 27.6. The molecular weight excluding hydrogens is 486 g/mol. The number of aromatic amines is 1. The number of anilines is 1. The molecule has 206 valence electrons. The maximum atomic E-state index is 12.7. The van der Waals surface area contributed by atoms with Gasteiger partial charge in [0, 0.05) is 38.8 Å². The van der Waals surface area contributed by atoms with Gasteiger partial charge in [-0.05, 0) is 37.4 Å². The van der Waals surface area contributed by atoms with Crippen molar-refractivity contribution < 1.29 is 14.3 Å². The van der Waals surface area contributed by atoms with Crippen LogP contribution in [0.5, 0.6) is 6.01 Å². The minimum absolute atomic E-state index is 0.202. The molecule has 1 aliphatic heterocycles. The number of aromatic nitrogens is 4. The van der Waals surface area contributed by atoms with E-state index in [1.807, 2.05) is 12.1 Å². The van der Waals surface area contributed by atoms with Gasteiger partial charge in [0.1, 0.15) is 5.52 Å². The van der Waals surface area contributed by atoms with E-state index in [9.17, 15) is 9.59 Å². The monoisotopic (exact) mass is 525 g/mol. The maximum absolute atomic E-state index is 12.7. The first-order valence-corrected chi connectivity index (χ1v) is 13.3. The lowest BCUT2D eigenvalue weighted by Gasteiger charge is -2.40. The molecule has 1 saturated heterocycles. The molecule has 0 saturated carbocycles. The molecule has 11 nitrogen and oxygen atoms in total. The number of unbranched alkanes of at least 4 members (excludes halogenated alkanes) is 1. The fourth-order valence-corrected chi connectivity index (χ4v) is 4.88. The minimum atomic E-state index is -0.242. The molecule has 1 unspecified atom stereocenters. The highest BCUT2D eigenvalue weighted by molar-refractivity contribution is 5.81. The Morgan fingerprint density at radius 1 is 1.13 bits per heavy atom. The molecule has 0 aliphatic carbocycles. The van der Waals surface area contributed by atoms with Crippen molar-refractivity contribution >= 4 is 23.0 Å². The summed E-state index contributed by atoms with van der Waals surface area (Å²) in [6.45, 7) is 6.91. The third-order valence-corrected chi connectivity index (χ3v) is 7.06. The van der Waals surface area contributed by atoms with E-state index in [0.29, 0.717) is 30.4 Å². The SMILES string of the molecule is CCCCOc1nc(N)c2[nH]c(=O)n(CCCN3CCN(C)CC3Cc3ccc(CC(=O)OC)cc3)c2n1. The summed E-state index contributed by atoms with van der Waals surface area (Å²) in [6, 6.07) is 8.76. The van der Waals surface area contributed by atoms with Crippen LogP contribution in [0.1, 0.15) is 37.3 Å². The van der Waals surface area contributed by atoms with Crippen molar-refractivity contribution in [2.75, 3.05) is 52.7 Å². The second kappa shape index (κ2) is 12.9. The minimum Gasteiger partial charge on any atom is -0.469 e. The Bertz CT molecular complexity index is 1270. The molecule has 3 aromatic rings. The van der Waals surface area contributed by atoms with Crippen molar-refractivity contribution in [3.05, 3.63) is 45.9 Å². The Morgan fingerprint density at radius 2 is 1.89 bits per heavy atom. The molecule has 0 bridgehead atoms. The van der Waals surface area contributed by atoms with Gasteiger partial charge >= 0.3 is 17.7 Å². The molecule has 1 aliphatic rings. The molecule has 0 radical (unpaired) electrons. The van der Waals surface area contributed by atoms with Crippen LogP contribution in [0.25, 0.3) is 11.2 Å². The number of benzene rings is 1. The van der Waals surface area contributed by atoms with E-state index >= 15 is 0 Å². The Balaban J connectivity index is 1.40. The number of esters is 1. The van der Waals surface area contributed by atoms with Crippen LogP contribution in [0.4, 0.5) is 5.82 Å². The van der Waals surface area contributed by atoms with Gasteiger partial charge in [0.2, 0.25) is 0 Å². The number of carbonyl (C=O) groups is 1. The van der Waals surface area contributed by atoms with Gasteiger partial charge in [0.15, 0.2) is 11.5 Å². The lowest BCUT2D eigenvalue weighted by molar-refractivity contribution is -0.139. The van der Waals surface area contributed by atoms with Crippen LogP contribution < -0.4 is 16.2 Å². The molecule has 2 aromatic heterocycles. The number of imidazole rings is 1. The van der Waals surface area contributed by atoms with Crippen molar-refractivity contribution in [1.82, 2.24) is 29.3 Å². The Morgan fingerprint density at radius 3 is 2.63 bits per heavy atom. The Kier molecular flexibility index (Phi) is 9.35. The standard InChI is InChI=1S/C27H39N7O4/c1-4-5-15-38-26-30-24(28)23-25(31-26)34(27(36)29-23)12-6-11-33-14-13-32(2)18-21(33)16-19-7-9-20(10-8-19)17-22(35)37-3/h7-10,21H,4-6,11-18H2,1-3H3,(H,29,36)(H2,28,30,31). The highest BCUT2D eigenvalue weighted by Crippen LogP contribution is 2.19. The van der Waals surface area contributed by atoms with Gasteiger partial charge < -0.3 is 25.1 Å². The average molecular weight is 526 g/mol. The van der Waals surface area contributed by atoms with Crippen molar-refractivity contribution in [3.63, 3.8) is 0 Å². The topological polar surface area (TPSA) is 132 Å². The fourth-order valence-electron chi connectivity index (χ4n) is 4.88.